The van der Waals surface area contributed by atoms with Gasteiger partial charge in [0, 0.05) is 0 Å². The third-order valence-corrected chi connectivity index (χ3v) is 4.20. The van der Waals surface area contributed by atoms with Gasteiger partial charge in [-0.15, -0.1) is 0 Å². The molecule has 0 aromatic heterocycles. The Bertz CT molecular complexity index is 1110. The first kappa shape index (κ1) is 81.4. The van der Waals surface area contributed by atoms with Gasteiger partial charge in [-0.3, -0.25) is 0 Å². The van der Waals surface area contributed by atoms with Crippen molar-refractivity contribution in [2.45, 2.75) is 73.2 Å². The Morgan fingerprint density at radius 3 is 0.172 bits per heavy atom. The maximum absolute atomic E-state index is 8.97. The van der Waals surface area contributed by atoms with Gasteiger partial charge < -0.3 is 179 Å². The van der Waals surface area contributed by atoms with Gasteiger partial charge in [0.15, 0.2) is 0 Å². The quantitative estimate of drug-likeness (QED) is 0.100. The summed E-state index contributed by atoms with van der Waals surface area (Å²) in [6.45, 7) is 0. The fourth-order valence-electron chi connectivity index (χ4n) is 2.42. The molecule has 0 aliphatic heterocycles. The lowest BCUT2D eigenvalue weighted by Gasteiger charge is -2.39. The minimum absolute atomic E-state index is 1.64. The molecule has 0 unspecified atom stereocenters. The molecule has 0 radical (unpaired) electrons. The van der Waals surface area contributed by atoms with Crippen LogP contribution in [0.15, 0.2) is 0 Å². The molecule has 2 rings (SSSR count). The van der Waals surface area contributed by atoms with E-state index in [2.05, 4.69) is 0 Å². The maximum Gasteiger partial charge on any atom is 0.466 e. The van der Waals surface area contributed by atoms with Gasteiger partial charge in [0.25, 0.3) is 0 Å². The van der Waals surface area contributed by atoms with E-state index >= 15 is 0 Å². The van der Waals surface area contributed by atoms with E-state index in [0.717, 1.165) is 0 Å². The number of aliphatic hydroxyl groups is 12. The Morgan fingerprint density at radius 1 is 0.141 bits per heavy atom. The highest BCUT2D eigenvalue weighted by Crippen LogP contribution is 2.29. The van der Waals surface area contributed by atoms with E-state index in [1.165, 1.54) is 0 Å². The molecular formula is C12H48O44P8. The number of hydrogen-bond donors (Lipinski definition) is 36. The summed E-state index contributed by atoms with van der Waals surface area (Å²) in [6, 6.07) is 0. The molecule has 44 nitrogen and oxygen atoms in total. The second-order valence-electron chi connectivity index (χ2n) is 9.99. The number of aliphatic hydroxyl groups excluding tert-OH is 12. The number of hydrogen-bond acceptors (Lipinski definition) is 20. The molecule has 2 aliphatic rings. The van der Waals surface area contributed by atoms with Crippen LogP contribution in [0.3, 0.4) is 0 Å². The molecular weight excluding hydrogens is 1100 g/mol. The zero-order chi connectivity index (χ0) is 54.9. The predicted octanol–water partition coefficient (Wildman–Crippen LogP) is -15.1. The molecule has 52 heteroatoms. The van der Waals surface area contributed by atoms with Gasteiger partial charge in [0.05, 0.1) is 0 Å². The van der Waals surface area contributed by atoms with Crippen LogP contribution in [-0.2, 0) is 36.5 Å². The Morgan fingerprint density at radius 2 is 0.156 bits per heavy atom. The standard InChI is InChI=1S/2C6H12O6.8H3O4P/c2*7-1-2(8)4(10)6(12)5(11)3(1)9;8*1-5(2,3)4/h2*1-12H;8*(H3,1,2,3,4). The molecule has 0 atom stereocenters. The van der Waals surface area contributed by atoms with E-state index in [4.69, 9.17) is 215 Å². The summed E-state index contributed by atoms with van der Waals surface area (Å²) in [5, 5.41) is 108. The van der Waals surface area contributed by atoms with Crippen LogP contribution < -0.4 is 0 Å². The summed E-state index contributed by atoms with van der Waals surface area (Å²) >= 11 is 0. The van der Waals surface area contributed by atoms with E-state index < -0.39 is 136 Å². The first-order valence-corrected chi connectivity index (χ1v) is 25.9. The molecule has 2 saturated carbocycles. The van der Waals surface area contributed by atoms with E-state index in [1.807, 2.05) is 0 Å². The van der Waals surface area contributed by atoms with Gasteiger partial charge in [-0.1, -0.05) is 0 Å². The first-order valence-electron chi connectivity index (χ1n) is 13.4. The monoisotopic (exact) mass is 1140 g/mol. The molecule has 36 N–H and O–H groups in total. The highest BCUT2D eigenvalue weighted by atomic mass is 31.2. The first-order chi connectivity index (χ1) is 26.9. The number of phosphoric acid groups is 8. The summed E-state index contributed by atoms with van der Waals surface area (Å²) in [5.41, 5.74) is 0. The second kappa shape index (κ2) is 34.7. The van der Waals surface area contributed by atoms with Gasteiger partial charge in [0.2, 0.25) is 0 Å². The van der Waals surface area contributed by atoms with Crippen molar-refractivity contribution in [3.63, 3.8) is 0 Å². The smallest absolute Gasteiger partial charge is 0.387 e. The van der Waals surface area contributed by atoms with E-state index in [1.54, 1.807) is 0 Å². The van der Waals surface area contributed by atoms with Crippen molar-refractivity contribution in [2.75, 3.05) is 0 Å². The third-order valence-electron chi connectivity index (χ3n) is 4.20. The van der Waals surface area contributed by atoms with E-state index in [-0.39, 0.29) is 0 Å². The molecule has 400 valence electrons. The third kappa shape index (κ3) is 100. The molecule has 0 heterocycles. The minimum Gasteiger partial charge on any atom is -0.387 e. The van der Waals surface area contributed by atoms with Crippen molar-refractivity contribution in [1.82, 2.24) is 0 Å². The van der Waals surface area contributed by atoms with Gasteiger partial charge in [-0.05, 0) is 0 Å². The maximum atomic E-state index is 8.97. The van der Waals surface area contributed by atoms with Crippen LogP contribution in [-0.4, -0.2) is 252 Å². The lowest BCUT2D eigenvalue weighted by atomic mass is 9.85. The predicted molar refractivity (Wildman–Crippen MR) is 186 cm³/mol. The molecule has 0 saturated heterocycles. The molecule has 0 aromatic carbocycles. The van der Waals surface area contributed by atoms with Crippen molar-refractivity contribution < 1.29 is 215 Å². The van der Waals surface area contributed by atoms with E-state index in [0.29, 0.717) is 0 Å². The lowest BCUT2D eigenvalue weighted by molar-refractivity contribution is -0.223. The second-order valence-corrected chi connectivity index (χ2v) is 18.2. The summed E-state index contributed by atoms with van der Waals surface area (Å²) < 4.78 is 71.1. The molecule has 0 spiro atoms. The normalized spacial score (nSPS) is 28.2. The van der Waals surface area contributed by atoms with Crippen LogP contribution in [0.1, 0.15) is 0 Å². The van der Waals surface area contributed by atoms with Gasteiger partial charge in [-0.25, -0.2) is 36.5 Å². The van der Waals surface area contributed by atoms with Crippen LogP contribution in [0.2, 0.25) is 0 Å². The Balaban J connectivity index is -0.0000000937. The molecule has 0 bridgehead atoms. The zero-order valence-corrected chi connectivity index (χ0v) is 37.0. The summed E-state index contributed by atoms with van der Waals surface area (Å²) in [4.78, 5) is 172. The fourth-order valence-corrected chi connectivity index (χ4v) is 2.42. The van der Waals surface area contributed by atoms with E-state index in [9.17, 15) is 0 Å². The van der Waals surface area contributed by atoms with Gasteiger partial charge >= 0.3 is 62.6 Å². The van der Waals surface area contributed by atoms with Gasteiger partial charge in [0.1, 0.15) is 73.2 Å². The van der Waals surface area contributed by atoms with Crippen LogP contribution >= 0.6 is 62.6 Å². The van der Waals surface area contributed by atoms with Crippen molar-refractivity contribution in [1.29, 1.82) is 0 Å². The summed E-state index contributed by atoms with van der Waals surface area (Å²) in [7, 11) is -37.1. The Kier molecular flexibility index (Phi) is 44.1. The minimum atomic E-state index is -4.64. The van der Waals surface area contributed by atoms with Crippen molar-refractivity contribution in [3.8, 4) is 0 Å². The van der Waals surface area contributed by atoms with Gasteiger partial charge in [-0.2, -0.15) is 0 Å². The topological polar surface area (TPSA) is 865 Å². The van der Waals surface area contributed by atoms with Crippen molar-refractivity contribution >= 4 is 62.6 Å². The molecule has 64 heavy (non-hydrogen) atoms. The van der Waals surface area contributed by atoms with Crippen LogP contribution in [0.5, 0.6) is 0 Å². The lowest BCUT2D eigenvalue weighted by Crippen LogP contribution is -2.63. The zero-order valence-electron chi connectivity index (χ0n) is 29.9. The van der Waals surface area contributed by atoms with Crippen LogP contribution in [0.4, 0.5) is 0 Å². The van der Waals surface area contributed by atoms with Crippen molar-refractivity contribution in [3.05, 3.63) is 0 Å². The fraction of sp³-hybridized carbons (Fsp3) is 1.00. The molecule has 2 fully saturated rings. The highest BCUT2D eigenvalue weighted by molar-refractivity contribution is 7.46. The highest BCUT2D eigenvalue weighted by Gasteiger charge is 2.48. The molecule has 2 aliphatic carbocycles. The molecule has 0 amide bonds. The summed E-state index contributed by atoms with van der Waals surface area (Å²) in [5.74, 6) is 0. The molecule has 0 aromatic rings. The summed E-state index contributed by atoms with van der Waals surface area (Å²) in [6.07, 6.45) is -19.7. The average molecular weight is 1140 g/mol. The van der Waals surface area contributed by atoms with Crippen LogP contribution in [0.25, 0.3) is 0 Å². The van der Waals surface area contributed by atoms with Crippen LogP contribution in [0, 0.1) is 0 Å². The van der Waals surface area contributed by atoms with Crippen molar-refractivity contribution in [2.24, 2.45) is 0 Å². The Labute approximate surface area is 351 Å². The largest absolute Gasteiger partial charge is 0.466 e. The Hall–Kier alpha value is 0.400. The SMILES string of the molecule is O=P(O)(O)O.O=P(O)(O)O.O=P(O)(O)O.O=P(O)(O)O.O=P(O)(O)O.O=P(O)(O)O.O=P(O)(O)O.O=P(O)(O)O.OC1C(O)C(O)C(O)C(O)C1O.OC1C(O)C(O)C(O)C(O)C1O. The number of rotatable bonds is 0. The average Bonchev–Trinajstić information content (AvgIpc) is 2.92.